The number of nitrogens with one attached hydrogen (secondary N) is 1. The van der Waals surface area contributed by atoms with Crippen molar-refractivity contribution in [1.82, 2.24) is 5.32 Å². The summed E-state index contributed by atoms with van der Waals surface area (Å²) >= 11 is 0. The van der Waals surface area contributed by atoms with E-state index >= 15 is 0 Å². The van der Waals surface area contributed by atoms with E-state index in [0.717, 1.165) is 25.3 Å². The Morgan fingerprint density at radius 2 is 1.84 bits per heavy atom. The highest BCUT2D eigenvalue weighted by Crippen LogP contribution is 2.28. The molecule has 0 aliphatic rings. The lowest BCUT2D eigenvalue weighted by atomic mass is 9.98. The highest BCUT2D eigenvalue weighted by atomic mass is 16.5. The van der Waals surface area contributed by atoms with E-state index < -0.39 is 0 Å². The van der Waals surface area contributed by atoms with Gasteiger partial charge in [-0.05, 0) is 69.8 Å². The predicted octanol–water partition coefficient (Wildman–Crippen LogP) is 2.84. The zero-order chi connectivity index (χ0) is 14.6. The van der Waals surface area contributed by atoms with E-state index in [1.54, 1.807) is 7.11 Å². The summed E-state index contributed by atoms with van der Waals surface area (Å²) in [5.41, 5.74) is 10.9. The molecule has 0 aliphatic carbocycles. The number of rotatable bonds is 6. The molecule has 108 valence electrons. The van der Waals surface area contributed by atoms with E-state index in [1.165, 1.54) is 22.3 Å². The van der Waals surface area contributed by atoms with Gasteiger partial charge in [-0.15, -0.1) is 0 Å². The predicted molar refractivity (Wildman–Crippen MR) is 81.8 cm³/mol. The van der Waals surface area contributed by atoms with Gasteiger partial charge in [0.2, 0.25) is 0 Å². The molecular formula is C16H28N2O. The Morgan fingerprint density at radius 3 is 2.37 bits per heavy atom. The van der Waals surface area contributed by atoms with E-state index in [2.05, 4.69) is 46.0 Å². The van der Waals surface area contributed by atoms with Crippen LogP contribution >= 0.6 is 0 Å². The van der Waals surface area contributed by atoms with Crippen molar-refractivity contribution >= 4 is 0 Å². The van der Waals surface area contributed by atoms with Gasteiger partial charge in [-0.25, -0.2) is 0 Å². The van der Waals surface area contributed by atoms with Gasteiger partial charge in [0.05, 0.1) is 7.11 Å². The number of hydrogen-bond acceptors (Lipinski definition) is 3. The topological polar surface area (TPSA) is 47.3 Å². The van der Waals surface area contributed by atoms with Gasteiger partial charge in [0.25, 0.3) is 0 Å². The average molecular weight is 264 g/mol. The van der Waals surface area contributed by atoms with E-state index in [0.29, 0.717) is 0 Å². The quantitative estimate of drug-likeness (QED) is 0.777. The molecule has 0 unspecified atom stereocenters. The van der Waals surface area contributed by atoms with Crippen molar-refractivity contribution in [2.24, 2.45) is 5.73 Å². The second kappa shape index (κ2) is 6.40. The highest BCUT2D eigenvalue weighted by molar-refractivity contribution is 5.48. The van der Waals surface area contributed by atoms with E-state index in [1.807, 2.05) is 0 Å². The Morgan fingerprint density at radius 1 is 1.21 bits per heavy atom. The van der Waals surface area contributed by atoms with Gasteiger partial charge in [0, 0.05) is 12.1 Å². The largest absolute Gasteiger partial charge is 0.496 e. The minimum absolute atomic E-state index is 0.103. The van der Waals surface area contributed by atoms with Crippen LogP contribution in [-0.4, -0.2) is 19.2 Å². The molecule has 3 nitrogen and oxygen atoms in total. The smallest absolute Gasteiger partial charge is 0.124 e. The molecule has 1 aromatic carbocycles. The minimum atomic E-state index is -0.103. The van der Waals surface area contributed by atoms with E-state index in [9.17, 15) is 0 Å². The van der Waals surface area contributed by atoms with Crippen LogP contribution in [0.4, 0.5) is 0 Å². The molecule has 0 aliphatic heterocycles. The van der Waals surface area contributed by atoms with Crippen molar-refractivity contribution < 1.29 is 4.74 Å². The summed E-state index contributed by atoms with van der Waals surface area (Å²) in [6.45, 7) is 12.3. The fourth-order valence-corrected chi connectivity index (χ4v) is 2.27. The Bertz CT molecular complexity index is 433. The number of benzene rings is 1. The monoisotopic (exact) mass is 264 g/mol. The van der Waals surface area contributed by atoms with Crippen molar-refractivity contribution in [2.75, 3.05) is 13.7 Å². The van der Waals surface area contributed by atoms with Crippen LogP contribution in [-0.2, 0) is 6.54 Å². The third-order valence-electron chi connectivity index (χ3n) is 3.60. The molecule has 3 heteroatoms. The SMILES string of the molecule is COc1c(C)cc(CNCCC(C)(C)N)c(C)c1C. The molecule has 3 N–H and O–H groups in total. The summed E-state index contributed by atoms with van der Waals surface area (Å²) in [5, 5.41) is 3.47. The van der Waals surface area contributed by atoms with Crippen molar-refractivity contribution in [3.8, 4) is 5.75 Å². The maximum atomic E-state index is 5.97. The lowest BCUT2D eigenvalue weighted by Gasteiger charge is -2.19. The van der Waals surface area contributed by atoms with Crippen LogP contribution < -0.4 is 15.8 Å². The van der Waals surface area contributed by atoms with Gasteiger partial charge in [-0.2, -0.15) is 0 Å². The van der Waals surface area contributed by atoms with Crippen molar-refractivity contribution in [3.63, 3.8) is 0 Å². The summed E-state index contributed by atoms with van der Waals surface area (Å²) in [6, 6.07) is 2.21. The fraction of sp³-hybridized carbons (Fsp3) is 0.625. The summed E-state index contributed by atoms with van der Waals surface area (Å²) in [4.78, 5) is 0. The first kappa shape index (κ1) is 16.0. The average Bonchev–Trinajstić information content (AvgIpc) is 2.30. The molecule has 0 fully saturated rings. The lowest BCUT2D eigenvalue weighted by molar-refractivity contribution is 0.407. The molecule has 1 aromatic rings. The van der Waals surface area contributed by atoms with Gasteiger partial charge in [-0.1, -0.05) is 6.07 Å². The summed E-state index contributed by atoms with van der Waals surface area (Å²) in [6.07, 6.45) is 0.972. The van der Waals surface area contributed by atoms with Gasteiger partial charge < -0.3 is 15.8 Å². The Hall–Kier alpha value is -1.06. The van der Waals surface area contributed by atoms with Crippen molar-refractivity contribution in [3.05, 3.63) is 28.3 Å². The Balaban J connectivity index is 2.70. The first-order valence-electron chi connectivity index (χ1n) is 6.89. The molecule has 0 radical (unpaired) electrons. The van der Waals surface area contributed by atoms with Crippen LogP contribution in [0, 0.1) is 20.8 Å². The molecule has 0 amide bonds. The van der Waals surface area contributed by atoms with Gasteiger partial charge >= 0.3 is 0 Å². The number of methoxy groups -OCH3 is 1. The minimum Gasteiger partial charge on any atom is -0.496 e. The molecule has 0 aromatic heterocycles. The lowest BCUT2D eigenvalue weighted by Crippen LogP contribution is -2.35. The standard InChI is InChI=1S/C16H28N2O/c1-11-9-14(10-18-8-7-16(4,5)17)12(2)13(3)15(11)19-6/h9,18H,7-8,10,17H2,1-6H3. The van der Waals surface area contributed by atoms with E-state index in [4.69, 9.17) is 10.5 Å². The summed E-state index contributed by atoms with van der Waals surface area (Å²) in [5.74, 6) is 1.00. The first-order chi connectivity index (χ1) is 8.76. The normalized spacial score (nSPS) is 11.7. The molecular weight excluding hydrogens is 236 g/mol. The number of hydrogen-bond donors (Lipinski definition) is 2. The van der Waals surface area contributed by atoms with Gasteiger partial charge in [0.1, 0.15) is 5.75 Å². The van der Waals surface area contributed by atoms with Gasteiger partial charge in [0.15, 0.2) is 0 Å². The molecule has 0 saturated heterocycles. The molecule has 0 saturated carbocycles. The zero-order valence-electron chi connectivity index (χ0n) is 13.2. The highest BCUT2D eigenvalue weighted by Gasteiger charge is 2.12. The van der Waals surface area contributed by atoms with Crippen molar-refractivity contribution in [2.45, 2.75) is 53.1 Å². The molecule has 0 bridgehead atoms. The maximum Gasteiger partial charge on any atom is 0.124 e. The second-order valence-corrected chi connectivity index (χ2v) is 6.05. The molecule has 19 heavy (non-hydrogen) atoms. The van der Waals surface area contributed by atoms with Crippen LogP contribution in [0.15, 0.2) is 6.07 Å². The maximum absolute atomic E-state index is 5.97. The number of ether oxygens (including phenoxy) is 1. The second-order valence-electron chi connectivity index (χ2n) is 6.05. The number of aryl methyl sites for hydroxylation is 1. The summed E-state index contributed by atoms with van der Waals surface area (Å²) < 4.78 is 5.44. The third-order valence-corrected chi connectivity index (χ3v) is 3.60. The van der Waals surface area contributed by atoms with Crippen LogP contribution in [0.25, 0.3) is 0 Å². The van der Waals surface area contributed by atoms with Crippen molar-refractivity contribution in [1.29, 1.82) is 0 Å². The third kappa shape index (κ3) is 4.51. The van der Waals surface area contributed by atoms with Gasteiger partial charge in [-0.3, -0.25) is 0 Å². The van der Waals surface area contributed by atoms with Crippen LogP contribution in [0.1, 0.15) is 42.5 Å². The van der Waals surface area contributed by atoms with Crippen LogP contribution in [0.2, 0.25) is 0 Å². The summed E-state index contributed by atoms with van der Waals surface area (Å²) in [7, 11) is 1.73. The molecule has 0 atom stereocenters. The Kier molecular flexibility index (Phi) is 5.39. The van der Waals surface area contributed by atoms with E-state index in [-0.39, 0.29) is 5.54 Å². The molecule has 0 heterocycles. The first-order valence-corrected chi connectivity index (χ1v) is 6.89. The Labute approximate surface area is 117 Å². The van der Waals surface area contributed by atoms with Crippen LogP contribution in [0.5, 0.6) is 5.75 Å². The van der Waals surface area contributed by atoms with Crippen LogP contribution in [0.3, 0.4) is 0 Å². The fourth-order valence-electron chi connectivity index (χ4n) is 2.27. The zero-order valence-corrected chi connectivity index (χ0v) is 13.2. The molecule has 0 spiro atoms. The molecule has 1 rings (SSSR count). The number of nitrogens with two attached hydrogens (primary N) is 1.